The van der Waals surface area contributed by atoms with Gasteiger partial charge < -0.3 is 15.0 Å². The van der Waals surface area contributed by atoms with Gasteiger partial charge in [0.25, 0.3) is 5.91 Å². The molecule has 1 atom stereocenters. The summed E-state index contributed by atoms with van der Waals surface area (Å²) >= 11 is 5.96. The van der Waals surface area contributed by atoms with E-state index < -0.39 is 6.04 Å². The minimum atomic E-state index is -0.637. The first-order chi connectivity index (χ1) is 14.2. The predicted octanol–water partition coefficient (Wildman–Crippen LogP) is 4.78. The predicted molar refractivity (Wildman–Crippen MR) is 121 cm³/mol. The van der Waals surface area contributed by atoms with Gasteiger partial charge in [0.05, 0.1) is 0 Å². The van der Waals surface area contributed by atoms with Crippen LogP contribution in [0.25, 0.3) is 0 Å². The zero-order valence-electron chi connectivity index (χ0n) is 18.3. The van der Waals surface area contributed by atoms with Crippen LogP contribution in [0, 0.1) is 0 Å². The number of hydrogen-bond donors (Lipinski definition) is 1. The van der Waals surface area contributed by atoms with Gasteiger partial charge in [-0.1, -0.05) is 49.7 Å². The van der Waals surface area contributed by atoms with Crippen molar-refractivity contribution < 1.29 is 14.3 Å². The second-order valence-electron chi connectivity index (χ2n) is 8.00. The van der Waals surface area contributed by atoms with E-state index in [0.717, 1.165) is 5.56 Å². The number of carbonyl (C=O) groups excluding carboxylic acids is 2. The minimum absolute atomic E-state index is 0.0110. The van der Waals surface area contributed by atoms with Crippen LogP contribution in [-0.2, 0) is 16.1 Å². The molecule has 2 amide bonds. The second-order valence-corrected chi connectivity index (χ2v) is 8.44. The fourth-order valence-electron chi connectivity index (χ4n) is 2.95. The monoisotopic (exact) mass is 430 g/mol. The number of nitrogens with zero attached hydrogens (tertiary/aromatic N) is 1. The maximum atomic E-state index is 13.0. The lowest BCUT2D eigenvalue weighted by Crippen LogP contribution is -2.50. The van der Waals surface area contributed by atoms with Crippen LogP contribution in [0.2, 0.25) is 5.02 Å². The standard InChI is InChI=1S/C24H31ClN2O3/c1-16(2)20-8-12-22(13-9-20)30-15-23(28)27(18(5)24(29)26-17(3)4)14-19-6-10-21(25)11-7-19/h6-13,16-18H,14-15H2,1-5H3,(H,26,29)/t18-/m1/s1. The Balaban J connectivity index is 2.11. The number of carbonyl (C=O) groups is 2. The molecule has 2 rings (SSSR count). The summed E-state index contributed by atoms with van der Waals surface area (Å²) in [6.07, 6.45) is 0. The van der Waals surface area contributed by atoms with Crippen molar-refractivity contribution in [3.8, 4) is 5.75 Å². The van der Waals surface area contributed by atoms with Gasteiger partial charge in [0.15, 0.2) is 6.61 Å². The average Bonchev–Trinajstić information content (AvgIpc) is 2.70. The van der Waals surface area contributed by atoms with Gasteiger partial charge >= 0.3 is 0 Å². The van der Waals surface area contributed by atoms with E-state index in [9.17, 15) is 9.59 Å². The fraction of sp³-hybridized carbons (Fsp3) is 0.417. The summed E-state index contributed by atoms with van der Waals surface area (Å²) in [5.74, 6) is 0.590. The van der Waals surface area contributed by atoms with Gasteiger partial charge in [0.1, 0.15) is 11.8 Å². The van der Waals surface area contributed by atoms with Crippen LogP contribution < -0.4 is 10.1 Å². The molecule has 1 N–H and O–H groups in total. The molecule has 0 aromatic heterocycles. The Labute approximate surface area is 184 Å². The minimum Gasteiger partial charge on any atom is -0.484 e. The van der Waals surface area contributed by atoms with Gasteiger partial charge in [-0.2, -0.15) is 0 Å². The van der Waals surface area contributed by atoms with Crippen LogP contribution in [0.1, 0.15) is 51.7 Å². The van der Waals surface area contributed by atoms with E-state index in [4.69, 9.17) is 16.3 Å². The van der Waals surface area contributed by atoms with Crippen LogP contribution in [0.5, 0.6) is 5.75 Å². The summed E-state index contributed by atoms with van der Waals surface area (Å²) in [4.78, 5) is 27.1. The van der Waals surface area contributed by atoms with Crippen LogP contribution in [0.4, 0.5) is 0 Å². The van der Waals surface area contributed by atoms with E-state index >= 15 is 0 Å². The zero-order chi connectivity index (χ0) is 22.3. The van der Waals surface area contributed by atoms with E-state index in [-0.39, 0.29) is 24.5 Å². The fourth-order valence-corrected chi connectivity index (χ4v) is 3.08. The maximum absolute atomic E-state index is 13.0. The van der Waals surface area contributed by atoms with Gasteiger partial charge in [0, 0.05) is 17.6 Å². The Morgan fingerprint density at radius 1 is 0.967 bits per heavy atom. The Bertz CT molecular complexity index is 833. The first-order valence-corrected chi connectivity index (χ1v) is 10.6. The quantitative estimate of drug-likeness (QED) is 0.622. The molecule has 0 heterocycles. The molecule has 162 valence electrons. The molecule has 5 nitrogen and oxygen atoms in total. The Morgan fingerprint density at radius 3 is 2.10 bits per heavy atom. The molecule has 0 fully saturated rings. The molecule has 0 spiro atoms. The molecular weight excluding hydrogens is 400 g/mol. The number of halogens is 1. The molecule has 0 aliphatic carbocycles. The summed E-state index contributed by atoms with van der Waals surface area (Å²) in [7, 11) is 0. The van der Waals surface area contributed by atoms with Crippen molar-refractivity contribution in [3.63, 3.8) is 0 Å². The third-order valence-corrected chi connectivity index (χ3v) is 5.03. The van der Waals surface area contributed by atoms with Crippen LogP contribution in [-0.4, -0.2) is 35.4 Å². The van der Waals surface area contributed by atoms with Gasteiger partial charge in [-0.15, -0.1) is 0 Å². The third-order valence-electron chi connectivity index (χ3n) is 4.77. The van der Waals surface area contributed by atoms with Gasteiger partial charge in [0.2, 0.25) is 5.91 Å². The summed E-state index contributed by atoms with van der Waals surface area (Å²) in [6.45, 7) is 9.89. The highest BCUT2D eigenvalue weighted by Crippen LogP contribution is 2.19. The molecule has 0 aliphatic rings. The number of ether oxygens (including phenoxy) is 1. The maximum Gasteiger partial charge on any atom is 0.261 e. The van der Waals surface area contributed by atoms with Crippen molar-refractivity contribution in [2.45, 2.75) is 59.2 Å². The highest BCUT2D eigenvalue weighted by Gasteiger charge is 2.26. The van der Waals surface area contributed by atoms with Gasteiger partial charge in [-0.25, -0.2) is 0 Å². The summed E-state index contributed by atoms with van der Waals surface area (Å²) in [5.41, 5.74) is 2.09. The Hall–Kier alpha value is -2.53. The van der Waals surface area contributed by atoms with Crippen molar-refractivity contribution in [1.82, 2.24) is 10.2 Å². The van der Waals surface area contributed by atoms with Crippen LogP contribution in [0.15, 0.2) is 48.5 Å². The highest BCUT2D eigenvalue weighted by molar-refractivity contribution is 6.30. The second kappa shape index (κ2) is 11.0. The lowest BCUT2D eigenvalue weighted by molar-refractivity contribution is -0.142. The third kappa shape index (κ3) is 7.06. The van der Waals surface area contributed by atoms with E-state index in [2.05, 4.69) is 19.2 Å². The SMILES string of the molecule is CC(C)NC(=O)[C@@H](C)N(Cc1ccc(Cl)cc1)C(=O)COc1ccc(C(C)C)cc1. The molecule has 2 aromatic carbocycles. The highest BCUT2D eigenvalue weighted by atomic mass is 35.5. The topological polar surface area (TPSA) is 58.6 Å². The van der Waals surface area contributed by atoms with E-state index in [1.807, 2.05) is 50.2 Å². The van der Waals surface area contributed by atoms with E-state index in [0.29, 0.717) is 23.2 Å². The van der Waals surface area contributed by atoms with E-state index in [1.54, 1.807) is 19.1 Å². The first-order valence-electron chi connectivity index (χ1n) is 10.2. The lowest BCUT2D eigenvalue weighted by atomic mass is 10.0. The zero-order valence-corrected chi connectivity index (χ0v) is 19.1. The van der Waals surface area contributed by atoms with Crippen molar-refractivity contribution >= 4 is 23.4 Å². The molecular formula is C24H31ClN2O3. The molecule has 0 bridgehead atoms. The molecule has 30 heavy (non-hydrogen) atoms. The molecule has 0 saturated heterocycles. The molecule has 0 radical (unpaired) electrons. The molecule has 0 aliphatic heterocycles. The van der Waals surface area contributed by atoms with Gasteiger partial charge in [-0.05, 0) is 62.1 Å². The average molecular weight is 431 g/mol. The van der Waals surface area contributed by atoms with Crippen molar-refractivity contribution in [1.29, 1.82) is 0 Å². The largest absolute Gasteiger partial charge is 0.484 e. The number of amides is 2. The summed E-state index contributed by atoms with van der Waals surface area (Å²) < 4.78 is 5.71. The van der Waals surface area contributed by atoms with Crippen LogP contribution >= 0.6 is 11.6 Å². The molecule has 0 unspecified atom stereocenters. The van der Waals surface area contributed by atoms with Crippen molar-refractivity contribution in [3.05, 3.63) is 64.7 Å². The molecule has 2 aromatic rings. The number of nitrogens with one attached hydrogen (secondary N) is 1. The van der Waals surface area contributed by atoms with E-state index in [1.165, 1.54) is 10.5 Å². The lowest BCUT2D eigenvalue weighted by Gasteiger charge is -2.29. The van der Waals surface area contributed by atoms with Crippen molar-refractivity contribution in [2.24, 2.45) is 0 Å². The number of hydrogen-bond acceptors (Lipinski definition) is 3. The van der Waals surface area contributed by atoms with Crippen LogP contribution in [0.3, 0.4) is 0 Å². The smallest absolute Gasteiger partial charge is 0.261 e. The Morgan fingerprint density at radius 2 is 1.57 bits per heavy atom. The summed E-state index contributed by atoms with van der Waals surface area (Å²) in [6, 6.07) is 14.3. The first kappa shape index (κ1) is 23.7. The number of rotatable bonds is 9. The molecule has 0 saturated carbocycles. The molecule has 6 heteroatoms. The normalized spacial score (nSPS) is 12.0. The summed E-state index contributed by atoms with van der Waals surface area (Å²) in [5, 5.41) is 3.49. The number of benzene rings is 2. The Kier molecular flexibility index (Phi) is 8.72. The van der Waals surface area contributed by atoms with Gasteiger partial charge in [-0.3, -0.25) is 9.59 Å². The van der Waals surface area contributed by atoms with Crippen molar-refractivity contribution in [2.75, 3.05) is 6.61 Å².